The summed E-state index contributed by atoms with van der Waals surface area (Å²) in [5.41, 5.74) is 2.13. The van der Waals surface area contributed by atoms with Gasteiger partial charge in [-0.1, -0.05) is 41.4 Å². The van der Waals surface area contributed by atoms with Gasteiger partial charge in [0, 0.05) is 11.4 Å². The van der Waals surface area contributed by atoms with Crippen LogP contribution in [-0.2, 0) is 30.2 Å². The molecule has 0 radical (unpaired) electrons. The van der Waals surface area contributed by atoms with E-state index in [0.717, 1.165) is 17.5 Å². The molecule has 0 bridgehead atoms. The van der Waals surface area contributed by atoms with Crippen LogP contribution in [0.15, 0.2) is 53.4 Å². The van der Waals surface area contributed by atoms with E-state index in [9.17, 15) is 8.42 Å². The van der Waals surface area contributed by atoms with Gasteiger partial charge in [-0.25, -0.2) is 0 Å². The molecule has 1 heterocycles. The second-order valence-corrected chi connectivity index (χ2v) is 8.29. The molecule has 5 nitrogen and oxygen atoms in total. The average Bonchev–Trinajstić information content (AvgIpc) is 3.08. The predicted molar refractivity (Wildman–Crippen MR) is 98.7 cm³/mol. The van der Waals surface area contributed by atoms with Crippen molar-refractivity contribution in [2.45, 2.75) is 37.1 Å². The van der Waals surface area contributed by atoms with Gasteiger partial charge >= 0.3 is 0 Å². The molecule has 0 amide bonds. The zero-order valence-corrected chi connectivity index (χ0v) is 16.0. The molecule has 0 saturated carbocycles. The van der Waals surface area contributed by atoms with Gasteiger partial charge in [0.05, 0.1) is 18.1 Å². The number of halogens is 1. The van der Waals surface area contributed by atoms with E-state index in [1.54, 1.807) is 12.1 Å². The molecule has 140 valence electrons. The van der Waals surface area contributed by atoms with Crippen molar-refractivity contribution in [1.29, 1.82) is 0 Å². The molecule has 1 saturated heterocycles. The molecule has 7 heteroatoms. The summed E-state index contributed by atoms with van der Waals surface area (Å²) in [4.78, 5) is 0.140. The number of hydrogen-bond acceptors (Lipinski definition) is 5. The quantitative estimate of drug-likeness (QED) is 0.667. The molecule has 0 N–H and O–H groups in total. The summed E-state index contributed by atoms with van der Waals surface area (Å²) in [6, 6.07) is 14.2. The molecule has 0 spiro atoms. The SMILES string of the molecule is Cc1ccc(S(=O)(=O)OC[C@@H]2CO[C@H](CCc3ccc(Cl)cc3)O2)cc1. The lowest BCUT2D eigenvalue weighted by Gasteiger charge is -2.12. The Labute approximate surface area is 159 Å². The maximum Gasteiger partial charge on any atom is 0.297 e. The van der Waals surface area contributed by atoms with Crippen molar-refractivity contribution in [3.63, 3.8) is 0 Å². The van der Waals surface area contributed by atoms with Gasteiger partial charge in [0.1, 0.15) is 6.10 Å². The lowest BCUT2D eigenvalue weighted by Crippen LogP contribution is -2.22. The summed E-state index contributed by atoms with van der Waals surface area (Å²) in [5, 5.41) is 0.703. The van der Waals surface area contributed by atoms with Crippen molar-refractivity contribution in [2.24, 2.45) is 0 Å². The minimum absolute atomic E-state index is 0.0619. The van der Waals surface area contributed by atoms with E-state index in [1.807, 2.05) is 31.2 Å². The standard InChI is InChI=1S/C19H21ClO5S/c1-14-2-9-18(10-3-14)26(21,22)24-13-17-12-23-19(25-17)11-6-15-4-7-16(20)8-5-15/h2-5,7-10,17,19H,6,11-13H2,1H3/t17-,19-/m0/s1. The third-order valence-electron chi connectivity index (χ3n) is 4.11. The third-order valence-corrected chi connectivity index (χ3v) is 5.66. The first-order valence-corrected chi connectivity index (χ1v) is 10.2. The zero-order valence-electron chi connectivity index (χ0n) is 14.4. The highest BCUT2D eigenvalue weighted by Crippen LogP contribution is 2.20. The molecule has 2 atom stereocenters. The Morgan fingerprint density at radius 2 is 1.81 bits per heavy atom. The van der Waals surface area contributed by atoms with Gasteiger partial charge in [0.15, 0.2) is 6.29 Å². The number of benzene rings is 2. The van der Waals surface area contributed by atoms with Crippen LogP contribution in [0.2, 0.25) is 5.02 Å². The molecule has 3 rings (SSSR count). The van der Waals surface area contributed by atoms with Crippen molar-refractivity contribution >= 4 is 21.7 Å². The molecular formula is C19H21ClO5S. The van der Waals surface area contributed by atoms with Gasteiger partial charge in [0.25, 0.3) is 10.1 Å². The van der Waals surface area contributed by atoms with E-state index in [2.05, 4.69) is 0 Å². The Morgan fingerprint density at radius 3 is 2.50 bits per heavy atom. The summed E-state index contributed by atoms with van der Waals surface area (Å²) in [5.74, 6) is 0. The minimum atomic E-state index is -3.79. The monoisotopic (exact) mass is 396 g/mol. The largest absolute Gasteiger partial charge is 0.350 e. The Bertz CT molecular complexity index is 818. The second-order valence-electron chi connectivity index (χ2n) is 6.24. The molecule has 26 heavy (non-hydrogen) atoms. The summed E-state index contributed by atoms with van der Waals surface area (Å²) in [6.07, 6.45) is 0.715. The van der Waals surface area contributed by atoms with E-state index >= 15 is 0 Å². The Hall–Kier alpha value is -1.44. The van der Waals surface area contributed by atoms with Crippen molar-refractivity contribution in [3.05, 3.63) is 64.7 Å². The molecule has 1 aliphatic heterocycles. The fraction of sp³-hybridized carbons (Fsp3) is 0.368. The van der Waals surface area contributed by atoms with Gasteiger partial charge in [-0.15, -0.1) is 0 Å². The van der Waals surface area contributed by atoms with Crippen molar-refractivity contribution < 1.29 is 22.1 Å². The third kappa shape index (κ3) is 5.28. The first-order valence-electron chi connectivity index (χ1n) is 8.40. The van der Waals surface area contributed by atoms with Gasteiger partial charge in [-0.05, 0) is 43.2 Å². The highest BCUT2D eigenvalue weighted by molar-refractivity contribution is 7.86. The van der Waals surface area contributed by atoms with Crippen LogP contribution in [0, 0.1) is 6.92 Å². The van der Waals surface area contributed by atoms with Crippen LogP contribution < -0.4 is 0 Å². The van der Waals surface area contributed by atoms with E-state index in [-0.39, 0.29) is 17.8 Å². The van der Waals surface area contributed by atoms with Crippen molar-refractivity contribution in [1.82, 2.24) is 0 Å². The molecule has 0 unspecified atom stereocenters. The number of hydrogen-bond donors (Lipinski definition) is 0. The first-order chi connectivity index (χ1) is 12.4. The maximum atomic E-state index is 12.2. The lowest BCUT2D eigenvalue weighted by atomic mass is 10.1. The van der Waals surface area contributed by atoms with Crippen molar-refractivity contribution in [2.75, 3.05) is 13.2 Å². The molecular weight excluding hydrogens is 376 g/mol. The average molecular weight is 397 g/mol. The summed E-state index contributed by atoms with van der Waals surface area (Å²) >= 11 is 5.87. The predicted octanol–water partition coefficient (Wildman–Crippen LogP) is 3.73. The van der Waals surface area contributed by atoms with Gasteiger partial charge < -0.3 is 9.47 Å². The van der Waals surface area contributed by atoms with Crippen LogP contribution in [0.25, 0.3) is 0 Å². The van der Waals surface area contributed by atoms with Gasteiger partial charge in [-0.3, -0.25) is 4.18 Å². The fourth-order valence-corrected chi connectivity index (χ4v) is 3.68. The van der Waals surface area contributed by atoms with E-state index in [4.69, 9.17) is 25.3 Å². The Morgan fingerprint density at radius 1 is 1.12 bits per heavy atom. The van der Waals surface area contributed by atoms with Crippen LogP contribution in [0.3, 0.4) is 0 Å². The number of rotatable bonds is 7. The molecule has 1 aliphatic rings. The summed E-state index contributed by atoms with van der Waals surface area (Å²) in [7, 11) is -3.79. The Kier molecular flexibility index (Phi) is 6.32. The Balaban J connectivity index is 1.45. The smallest absolute Gasteiger partial charge is 0.297 e. The van der Waals surface area contributed by atoms with Crippen LogP contribution in [0.4, 0.5) is 0 Å². The van der Waals surface area contributed by atoms with Crippen LogP contribution >= 0.6 is 11.6 Å². The second kappa shape index (κ2) is 8.50. The van der Waals surface area contributed by atoms with Gasteiger partial charge in [-0.2, -0.15) is 8.42 Å². The summed E-state index contributed by atoms with van der Waals surface area (Å²) in [6.45, 7) is 2.15. The van der Waals surface area contributed by atoms with Gasteiger partial charge in [0.2, 0.25) is 0 Å². The summed E-state index contributed by atoms with van der Waals surface area (Å²) < 4.78 is 40.8. The molecule has 0 aromatic heterocycles. The molecule has 2 aromatic rings. The normalized spacial score (nSPS) is 20.4. The highest BCUT2D eigenvalue weighted by atomic mass is 35.5. The zero-order chi connectivity index (χ0) is 18.6. The van der Waals surface area contributed by atoms with E-state index in [1.165, 1.54) is 12.1 Å². The first kappa shape index (κ1) is 19.3. The van der Waals surface area contributed by atoms with Crippen LogP contribution in [0.1, 0.15) is 17.5 Å². The fourth-order valence-electron chi connectivity index (χ4n) is 2.62. The highest BCUT2D eigenvalue weighted by Gasteiger charge is 2.28. The van der Waals surface area contributed by atoms with E-state index < -0.39 is 16.2 Å². The molecule has 0 aliphatic carbocycles. The lowest BCUT2D eigenvalue weighted by molar-refractivity contribution is -0.0668. The maximum absolute atomic E-state index is 12.2. The topological polar surface area (TPSA) is 61.8 Å². The minimum Gasteiger partial charge on any atom is -0.350 e. The number of ether oxygens (including phenoxy) is 2. The molecule has 2 aromatic carbocycles. The number of aryl methyl sites for hydroxylation is 2. The van der Waals surface area contributed by atoms with Crippen LogP contribution in [0.5, 0.6) is 0 Å². The van der Waals surface area contributed by atoms with E-state index in [0.29, 0.717) is 18.1 Å². The van der Waals surface area contributed by atoms with Crippen molar-refractivity contribution in [3.8, 4) is 0 Å². The van der Waals surface area contributed by atoms with Crippen LogP contribution in [-0.4, -0.2) is 34.0 Å². The molecule has 1 fully saturated rings.